The quantitative estimate of drug-likeness (QED) is 0.537. The molecule has 0 bridgehead atoms. The van der Waals surface area contributed by atoms with Crippen LogP contribution in [0.5, 0.6) is 0 Å². The first-order valence-corrected chi connectivity index (χ1v) is 9.28. The number of anilines is 1. The molecule has 1 atom stereocenters. The maximum absolute atomic E-state index is 13.7. The van der Waals surface area contributed by atoms with E-state index in [9.17, 15) is 22.4 Å². The minimum atomic E-state index is -2.86. The first-order chi connectivity index (χ1) is 14.4. The summed E-state index contributed by atoms with van der Waals surface area (Å²) in [6.07, 6.45) is 1.27. The van der Waals surface area contributed by atoms with Crippen molar-refractivity contribution in [2.24, 2.45) is 5.92 Å². The molecule has 0 spiro atoms. The van der Waals surface area contributed by atoms with Gasteiger partial charge in [-0.15, -0.1) is 0 Å². The van der Waals surface area contributed by atoms with E-state index in [0.29, 0.717) is 25.4 Å². The Morgan fingerprint density at radius 1 is 1.30 bits per heavy atom. The molecule has 1 unspecified atom stereocenters. The molecule has 1 aliphatic heterocycles. The number of methoxy groups -OCH3 is 1. The lowest BCUT2D eigenvalue weighted by Crippen LogP contribution is -2.50. The van der Waals surface area contributed by atoms with E-state index in [1.54, 1.807) is 31.5 Å². The van der Waals surface area contributed by atoms with Crippen molar-refractivity contribution in [1.82, 2.24) is 14.9 Å². The lowest BCUT2D eigenvalue weighted by atomic mass is 9.93. The molecule has 10 heteroatoms. The average molecular weight is 428 g/mol. The number of nitrogens with one attached hydrogen (secondary N) is 1. The number of alkyl halides is 4. The number of hydrogen-bond donors (Lipinski definition) is 1. The Labute approximate surface area is 172 Å². The minimum Gasteiger partial charge on any atom is -0.380 e. The Balaban J connectivity index is 0.000000232. The molecule has 0 radical (unpaired) electrons. The standard InChI is InChI=1S/C11H14F2N4O.C9H10F2O/c12-11(13)6-17(8-18)4-2-9(11)5-15-10-1-3-14-7-16-10;1-12-6-7-2-4-8(5-3-7)9(10)11/h1,3,7-9H,2,4-6H2,(H,14,15,16);2-5,9H,6H2,1H3. The van der Waals surface area contributed by atoms with E-state index >= 15 is 0 Å². The smallest absolute Gasteiger partial charge is 0.269 e. The number of ether oxygens (including phenoxy) is 1. The van der Waals surface area contributed by atoms with Crippen LogP contribution in [-0.2, 0) is 16.1 Å². The van der Waals surface area contributed by atoms with Gasteiger partial charge in [0.25, 0.3) is 12.3 Å². The molecule has 0 saturated carbocycles. The van der Waals surface area contributed by atoms with Crippen molar-refractivity contribution in [3.8, 4) is 0 Å². The van der Waals surface area contributed by atoms with Gasteiger partial charge in [0.2, 0.25) is 6.41 Å². The average Bonchev–Trinajstić information content (AvgIpc) is 2.74. The number of likely N-dealkylation sites (tertiary alicyclic amines) is 1. The third-order valence-corrected chi connectivity index (χ3v) is 4.58. The topological polar surface area (TPSA) is 67.3 Å². The number of benzene rings is 1. The fourth-order valence-electron chi connectivity index (χ4n) is 2.90. The zero-order valence-corrected chi connectivity index (χ0v) is 16.5. The second kappa shape index (κ2) is 11.4. The molecular weight excluding hydrogens is 404 g/mol. The van der Waals surface area contributed by atoms with Crippen molar-refractivity contribution in [2.45, 2.75) is 25.4 Å². The predicted molar refractivity (Wildman–Crippen MR) is 103 cm³/mol. The molecule has 1 aliphatic rings. The monoisotopic (exact) mass is 428 g/mol. The summed E-state index contributed by atoms with van der Waals surface area (Å²) < 4.78 is 56.4. The summed E-state index contributed by atoms with van der Waals surface area (Å²) in [6, 6.07) is 7.74. The van der Waals surface area contributed by atoms with Crippen LogP contribution in [-0.4, -0.2) is 53.9 Å². The number of rotatable bonds is 7. The minimum absolute atomic E-state index is 0.0508. The molecule has 1 amide bonds. The van der Waals surface area contributed by atoms with E-state index < -0.39 is 24.8 Å². The Morgan fingerprint density at radius 2 is 2.03 bits per heavy atom. The Hall–Kier alpha value is -2.75. The van der Waals surface area contributed by atoms with Gasteiger partial charge in [-0.3, -0.25) is 4.79 Å². The van der Waals surface area contributed by atoms with Crippen LogP contribution in [0.15, 0.2) is 42.9 Å². The van der Waals surface area contributed by atoms with Gasteiger partial charge in [-0.05, 0) is 18.1 Å². The number of carbonyl (C=O) groups excluding carboxylic acids is 1. The SMILES string of the molecule is COCc1ccc(C(F)F)cc1.O=CN1CCC(CNc2ccncn2)C(F)(F)C1. The molecule has 1 N–H and O–H groups in total. The van der Waals surface area contributed by atoms with Crippen molar-refractivity contribution >= 4 is 12.2 Å². The number of nitrogens with zero attached hydrogens (tertiary/aromatic N) is 3. The highest BCUT2D eigenvalue weighted by atomic mass is 19.3. The van der Waals surface area contributed by atoms with E-state index in [1.165, 1.54) is 18.5 Å². The molecule has 2 aromatic rings. The lowest BCUT2D eigenvalue weighted by Gasteiger charge is -2.36. The molecule has 30 heavy (non-hydrogen) atoms. The third kappa shape index (κ3) is 7.25. The summed E-state index contributed by atoms with van der Waals surface area (Å²) >= 11 is 0. The van der Waals surface area contributed by atoms with E-state index in [4.69, 9.17) is 4.74 Å². The Kier molecular flexibility index (Phi) is 8.97. The third-order valence-electron chi connectivity index (χ3n) is 4.58. The second-order valence-electron chi connectivity index (χ2n) is 6.77. The van der Waals surface area contributed by atoms with Gasteiger partial charge in [0, 0.05) is 37.9 Å². The van der Waals surface area contributed by atoms with Crippen molar-refractivity contribution in [2.75, 3.05) is 32.1 Å². The van der Waals surface area contributed by atoms with E-state index in [2.05, 4.69) is 15.3 Å². The molecule has 164 valence electrons. The predicted octanol–water partition coefficient (Wildman–Crippen LogP) is 3.77. The van der Waals surface area contributed by atoms with Gasteiger partial charge < -0.3 is 15.0 Å². The zero-order chi connectivity index (χ0) is 22.0. The van der Waals surface area contributed by atoms with Gasteiger partial charge in [0.15, 0.2) is 0 Å². The summed E-state index contributed by atoms with van der Waals surface area (Å²) in [7, 11) is 1.57. The second-order valence-corrected chi connectivity index (χ2v) is 6.77. The van der Waals surface area contributed by atoms with E-state index in [1.807, 2.05) is 0 Å². The van der Waals surface area contributed by atoms with Crippen LogP contribution < -0.4 is 5.32 Å². The highest BCUT2D eigenvalue weighted by molar-refractivity contribution is 5.47. The summed E-state index contributed by atoms with van der Waals surface area (Å²) in [5.74, 6) is -3.12. The Bertz CT molecular complexity index is 763. The van der Waals surface area contributed by atoms with Crippen LogP contribution in [0.3, 0.4) is 0 Å². The summed E-state index contributed by atoms with van der Waals surface area (Å²) in [4.78, 5) is 19.3. The largest absolute Gasteiger partial charge is 0.380 e. The van der Waals surface area contributed by atoms with Crippen LogP contribution in [0.25, 0.3) is 0 Å². The highest BCUT2D eigenvalue weighted by Gasteiger charge is 2.44. The van der Waals surface area contributed by atoms with Gasteiger partial charge in [-0.2, -0.15) is 0 Å². The molecule has 3 rings (SSSR count). The van der Waals surface area contributed by atoms with Crippen LogP contribution in [0, 0.1) is 5.92 Å². The van der Waals surface area contributed by atoms with Gasteiger partial charge in [-0.25, -0.2) is 27.5 Å². The fraction of sp³-hybridized carbons (Fsp3) is 0.450. The number of halogens is 4. The van der Waals surface area contributed by atoms with Crippen molar-refractivity contribution in [3.63, 3.8) is 0 Å². The van der Waals surface area contributed by atoms with E-state index in [-0.39, 0.29) is 18.5 Å². The normalized spacial score (nSPS) is 17.8. The van der Waals surface area contributed by atoms with Gasteiger partial charge in [-0.1, -0.05) is 24.3 Å². The number of carbonyl (C=O) groups is 1. The molecule has 1 aromatic heterocycles. The van der Waals surface area contributed by atoms with Gasteiger partial charge >= 0.3 is 0 Å². The number of hydrogen-bond acceptors (Lipinski definition) is 5. The van der Waals surface area contributed by atoms with E-state index in [0.717, 1.165) is 10.5 Å². The summed E-state index contributed by atoms with van der Waals surface area (Å²) in [5, 5.41) is 2.86. The lowest BCUT2D eigenvalue weighted by molar-refractivity contribution is -0.137. The summed E-state index contributed by atoms with van der Waals surface area (Å²) in [5.41, 5.74) is 0.955. The molecule has 0 aliphatic carbocycles. The fourth-order valence-corrected chi connectivity index (χ4v) is 2.90. The Morgan fingerprint density at radius 3 is 2.57 bits per heavy atom. The molecule has 1 saturated heterocycles. The van der Waals surface area contributed by atoms with Crippen LogP contribution in [0.1, 0.15) is 24.0 Å². The molecule has 1 fully saturated rings. The highest BCUT2D eigenvalue weighted by Crippen LogP contribution is 2.32. The van der Waals surface area contributed by atoms with Crippen LogP contribution in [0.2, 0.25) is 0 Å². The maximum Gasteiger partial charge on any atom is 0.269 e. The first kappa shape index (κ1) is 23.5. The molecule has 1 aromatic carbocycles. The summed E-state index contributed by atoms with van der Waals surface area (Å²) in [6.45, 7) is 0.460. The number of aromatic nitrogens is 2. The van der Waals surface area contributed by atoms with Crippen LogP contribution in [0.4, 0.5) is 23.4 Å². The van der Waals surface area contributed by atoms with Gasteiger partial charge in [0.05, 0.1) is 13.2 Å². The van der Waals surface area contributed by atoms with Crippen molar-refractivity contribution in [1.29, 1.82) is 0 Å². The van der Waals surface area contributed by atoms with Gasteiger partial charge in [0.1, 0.15) is 12.1 Å². The first-order valence-electron chi connectivity index (χ1n) is 9.28. The maximum atomic E-state index is 13.7. The number of piperidine rings is 1. The molecular formula is C20H24F4N4O2. The molecule has 6 nitrogen and oxygen atoms in total. The van der Waals surface area contributed by atoms with Crippen molar-refractivity contribution in [3.05, 3.63) is 54.0 Å². The molecule has 2 heterocycles. The zero-order valence-electron chi connectivity index (χ0n) is 16.5. The number of amides is 1. The van der Waals surface area contributed by atoms with Crippen LogP contribution >= 0.6 is 0 Å². The van der Waals surface area contributed by atoms with Crippen molar-refractivity contribution < 1.29 is 27.1 Å².